The van der Waals surface area contributed by atoms with Crippen molar-refractivity contribution in [3.8, 4) is 0 Å². The number of nitro benzene ring substituents is 1. The van der Waals surface area contributed by atoms with Gasteiger partial charge in [-0.25, -0.2) is 4.39 Å². The molecule has 0 bridgehead atoms. The van der Waals surface area contributed by atoms with Crippen molar-refractivity contribution in [1.29, 1.82) is 0 Å². The van der Waals surface area contributed by atoms with Crippen molar-refractivity contribution in [3.05, 3.63) is 39.7 Å². The van der Waals surface area contributed by atoms with Crippen LogP contribution >= 0.6 is 0 Å². The van der Waals surface area contributed by atoms with Gasteiger partial charge in [-0.3, -0.25) is 14.9 Å². The molecule has 0 aliphatic carbocycles. The minimum absolute atomic E-state index is 0.304. The first-order chi connectivity index (χ1) is 9.58. The molecule has 0 radical (unpaired) electrons. The van der Waals surface area contributed by atoms with Crippen molar-refractivity contribution in [2.24, 2.45) is 5.92 Å². The Morgan fingerprint density at radius 2 is 2.35 bits per heavy atom. The summed E-state index contributed by atoms with van der Waals surface area (Å²) in [4.78, 5) is 21.8. The molecule has 1 heterocycles. The minimum Gasteiger partial charge on any atom is -0.381 e. The Labute approximate surface area is 115 Å². The molecule has 1 aliphatic rings. The van der Waals surface area contributed by atoms with Crippen LogP contribution in [0, 0.1) is 21.8 Å². The first kappa shape index (κ1) is 14.4. The van der Waals surface area contributed by atoms with Gasteiger partial charge in [0.1, 0.15) is 5.82 Å². The third-order valence-corrected chi connectivity index (χ3v) is 3.27. The quantitative estimate of drug-likeness (QED) is 0.660. The first-order valence-corrected chi connectivity index (χ1v) is 6.38. The predicted molar refractivity (Wildman–Crippen MR) is 68.9 cm³/mol. The van der Waals surface area contributed by atoms with Crippen molar-refractivity contribution in [3.63, 3.8) is 0 Å². The molecular formula is C13H15FN2O4. The van der Waals surface area contributed by atoms with Crippen LogP contribution in [0.4, 0.5) is 10.1 Å². The van der Waals surface area contributed by atoms with Crippen LogP contribution < -0.4 is 5.32 Å². The Hall–Kier alpha value is -2.02. The third-order valence-electron chi connectivity index (χ3n) is 3.27. The van der Waals surface area contributed by atoms with Gasteiger partial charge in [0.15, 0.2) is 0 Å². The van der Waals surface area contributed by atoms with E-state index in [1.807, 2.05) is 0 Å². The van der Waals surface area contributed by atoms with Crippen molar-refractivity contribution < 1.29 is 18.8 Å². The van der Waals surface area contributed by atoms with Crippen LogP contribution in [0.5, 0.6) is 0 Å². The van der Waals surface area contributed by atoms with Gasteiger partial charge in [-0.2, -0.15) is 0 Å². The Bertz CT molecular complexity index is 515. The summed E-state index contributed by atoms with van der Waals surface area (Å²) in [5.74, 6) is -0.993. The maximum absolute atomic E-state index is 13.5. The molecule has 20 heavy (non-hydrogen) atoms. The first-order valence-electron chi connectivity index (χ1n) is 6.38. The van der Waals surface area contributed by atoms with Crippen LogP contribution in [0.1, 0.15) is 23.2 Å². The number of ether oxygens (including phenoxy) is 1. The molecule has 7 heteroatoms. The highest BCUT2D eigenvalue weighted by atomic mass is 19.1. The van der Waals surface area contributed by atoms with Gasteiger partial charge in [0.05, 0.1) is 10.5 Å². The lowest BCUT2D eigenvalue weighted by atomic mass is 10.1. The van der Waals surface area contributed by atoms with Crippen LogP contribution in [0.25, 0.3) is 0 Å². The molecule has 108 valence electrons. The van der Waals surface area contributed by atoms with E-state index in [2.05, 4.69) is 5.32 Å². The number of halogens is 1. The molecule has 1 unspecified atom stereocenters. The maximum atomic E-state index is 13.5. The summed E-state index contributed by atoms with van der Waals surface area (Å²) in [6, 6.07) is 2.91. The van der Waals surface area contributed by atoms with E-state index in [0.29, 0.717) is 19.1 Å². The summed E-state index contributed by atoms with van der Waals surface area (Å²) in [6.07, 6.45) is 1.71. The summed E-state index contributed by atoms with van der Waals surface area (Å²) in [7, 11) is 0. The zero-order chi connectivity index (χ0) is 14.5. The lowest BCUT2D eigenvalue weighted by Crippen LogP contribution is -2.27. The number of nitrogens with zero attached hydrogens (tertiary/aromatic N) is 1. The van der Waals surface area contributed by atoms with E-state index < -0.39 is 16.6 Å². The fraction of sp³-hybridized carbons (Fsp3) is 0.462. The molecule has 0 saturated carbocycles. The standard InChI is InChI=1S/C13H15FN2O4/c14-12-2-1-10(16(18)19)7-11(12)13(17)15-5-3-9-4-6-20-8-9/h1-2,7,9H,3-6,8H2,(H,15,17). The Balaban J connectivity index is 1.94. The van der Waals surface area contributed by atoms with Crippen LogP contribution in [0.3, 0.4) is 0 Å². The summed E-state index contributed by atoms with van der Waals surface area (Å²) in [6.45, 7) is 1.81. The van der Waals surface area contributed by atoms with Crippen molar-refractivity contribution in [1.82, 2.24) is 5.32 Å². The second-order valence-electron chi connectivity index (χ2n) is 4.70. The number of amides is 1. The molecule has 0 aromatic heterocycles. The largest absolute Gasteiger partial charge is 0.381 e. The SMILES string of the molecule is O=C(NCCC1CCOC1)c1cc([N+](=O)[O-])ccc1F. The fourth-order valence-electron chi connectivity index (χ4n) is 2.10. The highest BCUT2D eigenvalue weighted by Gasteiger charge is 2.18. The number of benzene rings is 1. The molecule has 6 nitrogen and oxygen atoms in total. The van der Waals surface area contributed by atoms with Crippen LogP contribution in [0.15, 0.2) is 18.2 Å². The van der Waals surface area contributed by atoms with E-state index in [1.165, 1.54) is 0 Å². The van der Waals surface area contributed by atoms with Gasteiger partial charge in [0, 0.05) is 31.9 Å². The Kier molecular flexibility index (Phi) is 4.62. The molecule has 1 atom stereocenters. The van der Waals surface area contributed by atoms with Crippen molar-refractivity contribution in [2.45, 2.75) is 12.8 Å². The lowest BCUT2D eigenvalue weighted by Gasteiger charge is -2.09. The number of hydrogen-bond acceptors (Lipinski definition) is 4. The molecule has 1 aliphatic heterocycles. The topological polar surface area (TPSA) is 81.5 Å². The van der Waals surface area contributed by atoms with E-state index >= 15 is 0 Å². The second-order valence-corrected chi connectivity index (χ2v) is 4.70. The molecule has 1 amide bonds. The van der Waals surface area contributed by atoms with E-state index in [1.54, 1.807) is 0 Å². The van der Waals surface area contributed by atoms with Crippen molar-refractivity contribution >= 4 is 11.6 Å². The van der Waals surface area contributed by atoms with E-state index in [4.69, 9.17) is 4.74 Å². The Morgan fingerprint density at radius 1 is 1.55 bits per heavy atom. The zero-order valence-corrected chi connectivity index (χ0v) is 10.8. The predicted octanol–water partition coefficient (Wildman–Crippen LogP) is 1.89. The summed E-state index contributed by atoms with van der Waals surface area (Å²) < 4.78 is 18.7. The maximum Gasteiger partial charge on any atom is 0.270 e. The number of rotatable bonds is 5. The molecular weight excluding hydrogens is 267 g/mol. The molecule has 1 aromatic rings. The number of carbonyl (C=O) groups excluding carboxylic acids is 1. The molecule has 1 fully saturated rings. The highest BCUT2D eigenvalue weighted by molar-refractivity contribution is 5.95. The molecule has 2 rings (SSSR count). The molecule has 1 aromatic carbocycles. The smallest absolute Gasteiger partial charge is 0.270 e. The number of non-ortho nitro benzene ring substituents is 1. The summed E-state index contributed by atoms with van der Waals surface area (Å²) in [5.41, 5.74) is -0.609. The average Bonchev–Trinajstić information content (AvgIpc) is 2.92. The molecule has 0 spiro atoms. The summed E-state index contributed by atoms with van der Waals surface area (Å²) in [5, 5.41) is 13.2. The van der Waals surface area contributed by atoms with Crippen LogP contribution in [-0.2, 0) is 4.74 Å². The summed E-state index contributed by atoms with van der Waals surface area (Å²) >= 11 is 0. The van der Waals surface area contributed by atoms with Gasteiger partial charge in [-0.1, -0.05) is 0 Å². The third kappa shape index (κ3) is 3.51. The van der Waals surface area contributed by atoms with Crippen LogP contribution in [0.2, 0.25) is 0 Å². The van der Waals surface area contributed by atoms with E-state index in [0.717, 1.165) is 37.6 Å². The fourth-order valence-corrected chi connectivity index (χ4v) is 2.10. The number of hydrogen-bond donors (Lipinski definition) is 1. The van der Waals surface area contributed by atoms with E-state index in [-0.39, 0.29) is 11.3 Å². The van der Waals surface area contributed by atoms with Gasteiger partial charge in [0.2, 0.25) is 0 Å². The molecule has 1 saturated heterocycles. The average molecular weight is 282 g/mol. The van der Waals surface area contributed by atoms with Gasteiger partial charge in [0.25, 0.3) is 11.6 Å². The monoisotopic (exact) mass is 282 g/mol. The van der Waals surface area contributed by atoms with Gasteiger partial charge in [-0.15, -0.1) is 0 Å². The van der Waals surface area contributed by atoms with E-state index in [9.17, 15) is 19.3 Å². The van der Waals surface area contributed by atoms with Gasteiger partial charge in [-0.05, 0) is 24.8 Å². The Morgan fingerprint density at radius 3 is 3.00 bits per heavy atom. The van der Waals surface area contributed by atoms with Crippen LogP contribution in [-0.4, -0.2) is 30.6 Å². The molecule has 1 N–H and O–H groups in total. The second kappa shape index (κ2) is 6.42. The number of carbonyl (C=O) groups is 1. The minimum atomic E-state index is -0.766. The lowest BCUT2D eigenvalue weighted by molar-refractivity contribution is -0.384. The van der Waals surface area contributed by atoms with Gasteiger partial charge < -0.3 is 10.1 Å². The normalized spacial score (nSPS) is 17.9. The number of nitrogens with one attached hydrogen (secondary N) is 1. The van der Waals surface area contributed by atoms with Gasteiger partial charge >= 0.3 is 0 Å². The highest BCUT2D eigenvalue weighted by Crippen LogP contribution is 2.18. The van der Waals surface area contributed by atoms with Crippen molar-refractivity contribution in [2.75, 3.05) is 19.8 Å². The number of nitro groups is 1. The zero-order valence-electron chi connectivity index (χ0n) is 10.8.